The lowest BCUT2D eigenvalue weighted by Crippen LogP contribution is -2.14. The summed E-state index contributed by atoms with van der Waals surface area (Å²) in [5.74, 6) is 0.553. The van der Waals surface area contributed by atoms with Crippen molar-refractivity contribution in [3.05, 3.63) is 32.9 Å². The second-order valence-corrected chi connectivity index (χ2v) is 4.11. The fraction of sp³-hybridized carbons (Fsp3) is 0.250. The maximum absolute atomic E-state index is 11.3. The van der Waals surface area contributed by atoms with E-state index < -0.39 is 0 Å². The predicted octanol–water partition coefficient (Wildman–Crippen LogP) is -0.235. The number of aryl methyl sites for hydroxylation is 1. The van der Waals surface area contributed by atoms with Crippen molar-refractivity contribution in [2.75, 3.05) is 5.73 Å². The molecular weight excluding hydrogens is 276 g/mol. The summed E-state index contributed by atoms with van der Waals surface area (Å²) in [6, 6.07) is 0. The van der Waals surface area contributed by atoms with Gasteiger partial charge in [0, 0.05) is 12.4 Å². The lowest BCUT2D eigenvalue weighted by molar-refractivity contribution is 0.625. The van der Waals surface area contributed by atoms with Crippen LogP contribution in [0.4, 0.5) is 5.69 Å². The van der Waals surface area contributed by atoms with Crippen LogP contribution < -0.4 is 11.2 Å². The minimum Gasteiger partial charge on any atom is -0.394 e. The Hall–Kier alpha value is -1.70. The molecule has 0 fully saturated rings. The fourth-order valence-electron chi connectivity index (χ4n) is 1.26. The molecule has 0 bridgehead atoms. The quantitative estimate of drug-likeness (QED) is 0.822. The molecule has 0 radical (unpaired) electrons. The number of nitrogen functional groups attached to an aromatic ring is 1. The summed E-state index contributed by atoms with van der Waals surface area (Å²) < 4.78 is 2.13. The molecule has 0 atom stereocenters. The van der Waals surface area contributed by atoms with Crippen LogP contribution in [0.5, 0.6) is 0 Å². The maximum Gasteiger partial charge on any atom is 0.218 e. The standard InChI is InChI=1S/C8H9BrN6O/c1-14-12-7(11-13-14)4-15-2-5(9)8(16)6(10)3-15/h2-3H,4,10H2,1H3. The van der Waals surface area contributed by atoms with E-state index in [9.17, 15) is 4.79 Å². The number of halogens is 1. The van der Waals surface area contributed by atoms with Gasteiger partial charge in [-0.05, 0) is 21.1 Å². The first-order chi connectivity index (χ1) is 7.56. The molecule has 0 aliphatic heterocycles. The van der Waals surface area contributed by atoms with Crippen molar-refractivity contribution in [1.29, 1.82) is 0 Å². The van der Waals surface area contributed by atoms with Gasteiger partial charge in [0.1, 0.15) is 0 Å². The second kappa shape index (κ2) is 4.05. The van der Waals surface area contributed by atoms with Crippen LogP contribution in [0.25, 0.3) is 0 Å². The van der Waals surface area contributed by atoms with Gasteiger partial charge >= 0.3 is 0 Å². The van der Waals surface area contributed by atoms with Gasteiger partial charge in [0.15, 0.2) is 5.82 Å². The topological polar surface area (TPSA) is 91.6 Å². The van der Waals surface area contributed by atoms with Crippen LogP contribution in [-0.4, -0.2) is 24.8 Å². The maximum atomic E-state index is 11.3. The minimum atomic E-state index is -0.219. The predicted molar refractivity (Wildman–Crippen MR) is 60.7 cm³/mol. The number of pyridine rings is 1. The van der Waals surface area contributed by atoms with Gasteiger partial charge < -0.3 is 10.3 Å². The lowest BCUT2D eigenvalue weighted by Gasteiger charge is -2.04. The molecule has 0 aliphatic rings. The smallest absolute Gasteiger partial charge is 0.218 e. The van der Waals surface area contributed by atoms with Gasteiger partial charge in [-0.2, -0.15) is 4.80 Å². The van der Waals surface area contributed by atoms with Crippen LogP contribution in [0, 0.1) is 0 Å². The number of hydrogen-bond donors (Lipinski definition) is 1. The number of anilines is 1. The normalized spacial score (nSPS) is 10.6. The average Bonchev–Trinajstić information content (AvgIpc) is 2.60. The molecule has 0 aliphatic carbocycles. The molecule has 84 valence electrons. The van der Waals surface area contributed by atoms with E-state index in [0.29, 0.717) is 16.8 Å². The molecule has 16 heavy (non-hydrogen) atoms. The SMILES string of the molecule is Cn1nnc(Cn2cc(N)c(=O)c(Br)c2)n1. The first-order valence-corrected chi connectivity index (χ1v) is 5.23. The third-order valence-corrected chi connectivity index (χ3v) is 2.50. The van der Waals surface area contributed by atoms with E-state index in [1.807, 2.05) is 0 Å². The lowest BCUT2D eigenvalue weighted by atomic mass is 10.4. The van der Waals surface area contributed by atoms with Crippen molar-refractivity contribution < 1.29 is 0 Å². The van der Waals surface area contributed by atoms with Gasteiger partial charge in [-0.15, -0.1) is 10.2 Å². The van der Waals surface area contributed by atoms with Crippen LogP contribution in [0.1, 0.15) is 5.82 Å². The van der Waals surface area contributed by atoms with Crippen molar-refractivity contribution in [2.45, 2.75) is 6.54 Å². The van der Waals surface area contributed by atoms with Gasteiger partial charge in [0.25, 0.3) is 0 Å². The Balaban J connectivity index is 2.32. The summed E-state index contributed by atoms with van der Waals surface area (Å²) >= 11 is 3.14. The molecule has 2 aromatic rings. The van der Waals surface area contributed by atoms with E-state index in [1.54, 1.807) is 24.0 Å². The second-order valence-electron chi connectivity index (χ2n) is 3.26. The zero-order valence-corrected chi connectivity index (χ0v) is 10.0. The Morgan fingerprint density at radius 3 is 2.81 bits per heavy atom. The number of aromatic nitrogens is 5. The van der Waals surface area contributed by atoms with Crippen LogP contribution in [0.2, 0.25) is 0 Å². The summed E-state index contributed by atoms with van der Waals surface area (Å²) in [7, 11) is 1.69. The highest BCUT2D eigenvalue weighted by atomic mass is 79.9. The molecule has 2 N–H and O–H groups in total. The van der Waals surface area contributed by atoms with E-state index in [2.05, 4.69) is 31.3 Å². The third kappa shape index (κ3) is 2.11. The summed E-state index contributed by atoms with van der Waals surface area (Å²) in [5.41, 5.74) is 5.52. The van der Waals surface area contributed by atoms with E-state index >= 15 is 0 Å². The highest BCUT2D eigenvalue weighted by Crippen LogP contribution is 2.07. The Morgan fingerprint density at radius 1 is 1.50 bits per heavy atom. The largest absolute Gasteiger partial charge is 0.394 e. The highest BCUT2D eigenvalue weighted by Gasteiger charge is 2.05. The molecule has 0 saturated heterocycles. The van der Waals surface area contributed by atoms with Gasteiger partial charge in [-0.1, -0.05) is 0 Å². The van der Waals surface area contributed by atoms with E-state index in [-0.39, 0.29) is 11.1 Å². The molecular formula is C8H9BrN6O. The van der Waals surface area contributed by atoms with Gasteiger partial charge in [-0.3, -0.25) is 4.79 Å². The summed E-state index contributed by atoms with van der Waals surface area (Å²) in [6.07, 6.45) is 3.18. The van der Waals surface area contributed by atoms with Crippen molar-refractivity contribution in [3.8, 4) is 0 Å². The Bertz CT molecular complexity index is 548. The first-order valence-electron chi connectivity index (χ1n) is 4.44. The fourth-order valence-corrected chi connectivity index (χ4v) is 1.75. The van der Waals surface area contributed by atoms with E-state index in [1.165, 1.54) is 4.80 Å². The van der Waals surface area contributed by atoms with E-state index in [4.69, 9.17) is 5.73 Å². The minimum absolute atomic E-state index is 0.179. The summed E-state index contributed by atoms with van der Waals surface area (Å²) in [6.45, 7) is 0.414. The molecule has 2 heterocycles. The van der Waals surface area contributed by atoms with Crippen LogP contribution in [-0.2, 0) is 13.6 Å². The number of hydrogen-bond acceptors (Lipinski definition) is 5. The monoisotopic (exact) mass is 284 g/mol. The molecule has 0 saturated carbocycles. The third-order valence-electron chi connectivity index (χ3n) is 1.94. The molecule has 2 aromatic heterocycles. The van der Waals surface area contributed by atoms with Crippen molar-refractivity contribution in [3.63, 3.8) is 0 Å². The molecule has 0 spiro atoms. The Kier molecular flexibility index (Phi) is 2.73. The number of nitrogens with two attached hydrogens (primary N) is 1. The van der Waals surface area contributed by atoms with Crippen molar-refractivity contribution in [2.24, 2.45) is 7.05 Å². The first kappa shape index (κ1) is 10.8. The zero-order chi connectivity index (χ0) is 11.7. The van der Waals surface area contributed by atoms with Gasteiger partial charge in [0.2, 0.25) is 5.43 Å². The number of nitrogens with zero attached hydrogens (tertiary/aromatic N) is 5. The molecule has 2 rings (SSSR count). The van der Waals surface area contributed by atoms with Crippen LogP contribution >= 0.6 is 15.9 Å². The van der Waals surface area contributed by atoms with Crippen molar-refractivity contribution >= 4 is 21.6 Å². The average molecular weight is 285 g/mol. The number of rotatable bonds is 2. The Morgan fingerprint density at radius 2 is 2.25 bits per heavy atom. The molecule has 8 heteroatoms. The van der Waals surface area contributed by atoms with Gasteiger partial charge in [-0.25, -0.2) is 0 Å². The molecule has 0 amide bonds. The van der Waals surface area contributed by atoms with Crippen LogP contribution in [0.15, 0.2) is 21.7 Å². The zero-order valence-electron chi connectivity index (χ0n) is 8.46. The molecule has 0 aromatic carbocycles. The molecule has 7 nitrogen and oxygen atoms in total. The van der Waals surface area contributed by atoms with Gasteiger partial charge in [0.05, 0.1) is 23.8 Å². The Labute approximate surface area is 99.0 Å². The summed E-state index contributed by atoms with van der Waals surface area (Å²) in [4.78, 5) is 12.7. The number of tetrazole rings is 1. The summed E-state index contributed by atoms with van der Waals surface area (Å²) in [5, 5.41) is 11.6. The van der Waals surface area contributed by atoms with E-state index in [0.717, 1.165) is 0 Å². The molecule has 0 unspecified atom stereocenters. The van der Waals surface area contributed by atoms with Crippen molar-refractivity contribution in [1.82, 2.24) is 24.8 Å². The highest BCUT2D eigenvalue weighted by molar-refractivity contribution is 9.10. The van der Waals surface area contributed by atoms with Crippen LogP contribution in [0.3, 0.4) is 0 Å².